The zero-order chi connectivity index (χ0) is 19.1. The normalized spacial score (nSPS) is 16.2. The molecule has 0 amide bonds. The van der Waals surface area contributed by atoms with Crippen molar-refractivity contribution in [3.05, 3.63) is 47.0 Å². The molecule has 5 rings (SSSR count). The second-order valence-corrected chi connectivity index (χ2v) is 10.0. The van der Waals surface area contributed by atoms with E-state index in [0.717, 1.165) is 43.5 Å². The molecule has 3 heterocycles. The standard InChI is InChI=1S/C21H21ClN4S2/c1-13-6-8-26(9-7-13)12-14-2-4-16-18(10-14)27-20(23-16)25-21-24-17-5-3-15(22)11-19(17)28-21/h2-5,10-11,13H,6-9,12H2,1H3,(H,23,24,25). The van der Waals surface area contributed by atoms with Crippen LogP contribution in [0.3, 0.4) is 0 Å². The topological polar surface area (TPSA) is 41.1 Å². The minimum absolute atomic E-state index is 0.735. The van der Waals surface area contributed by atoms with Gasteiger partial charge in [0.1, 0.15) is 0 Å². The molecule has 0 bridgehead atoms. The SMILES string of the molecule is CC1CCN(Cc2ccc3nc(Nc4nc5ccc(Cl)cc5s4)sc3c2)CC1. The maximum atomic E-state index is 6.08. The molecule has 1 fully saturated rings. The minimum atomic E-state index is 0.735. The molecule has 0 radical (unpaired) electrons. The number of aromatic nitrogens is 2. The average molecular weight is 429 g/mol. The highest BCUT2D eigenvalue weighted by Gasteiger charge is 2.16. The number of fused-ring (bicyclic) bond motifs is 2. The van der Waals surface area contributed by atoms with E-state index in [9.17, 15) is 0 Å². The molecule has 1 N–H and O–H groups in total. The Bertz CT molecular complexity index is 1130. The number of benzene rings is 2. The third-order valence-corrected chi connectivity index (χ3v) is 7.40. The molecule has 0 spiro atoms. The lowest BCUT2D eigenvalue weighted by atomic mass is 9.99. The lowest BCUT2D eigenvalue weighted by Crippen LogP contribution is -2.32. The van der Waals surface area contributed by atoms with Crippen molar-refractivity contribution in [2.24, 2.45) is 5.92 Å². The third-order valence-electron chi connectivity index (χ3n) is 5.30. The van der Waals surface area contributed by atoms with Crippen LogP contribution in [0.4, 0.5) is 10.3 Å². The summed E-state index contributed by atoms with van der Waals surface area (Å²) in [5, 5.41) is 5.83. The largest absolute Gasteiger partial charge is 0.307 e. The van der Waals surface area contributed by atoms with Gasteiger partial charge < -0.3 is 5.32 Å². The van der Waals surface area contributed by atoms with Gasteiger partial charge in [-0.2, -0.15) is 0 Å². The van der Waals surface area contributed by atoms with Crippen LogP contribution in [0.5, 0.6) is 0 Å². The Kier molecular flexibility index (Phi) is 4.97. The number of likely N-dealkylation sites (tertiary alicyclic amines) is 1. The van der Waals surface area contributed by atoms with Gasteiger partial charge in [0.2, 0.25) is 0 Å². The predicted molar refractivity (Wildman–Crippen MR) is 121 cm³/mol. The zero-order valence-corrected chi connectivity index (χ0v) is 18.0. The number of rotatable bonds is 4. The molecule has 1 aliphatic rings. The molecule has 1 aliphatic heterocycles. The first-order valence-electron chi connectivity index (χ1n) is 9.57. The number of piperidine rings is 1. The fourth-order valence-corrected chi connectivity index (χ4v) is 5.78. The maximum absolute atomic E-state index is 6.08. The quantitative estimate of drug-likeness (QED) is 0.401. The van der Waals surface area contributed by atoms with Gasteiger partial charge in [0, 0.05) is 11.6 Å². The van der Waals surface area contributed by atoms with Crippen molar-refractivity contribution in [1.29, 1.82) is 0 Å². The number of anilines is 2. The number of hydrogen-bond acceptors (Lipinski definition) is 6. The van der Waals surface area contributed by atoms with Gasteiger partial charge in [0.05, 0.1) is 20.4 Å². The van der Waals surface area contributed by atoms with E-state index in [-0.39, 0.29) is 0 Å². The lowest BCUT2D eigenvalue weighted by Gasteiger charge is -2.30. The Labute approximate surface area is 177 Å². The van der Waals surface area contributed by atoms with Crippen LogP contribution >= 0.6 is 34.3 Å². The summed E-state index contributed by atoms with van der Waals surface area (Å²) < 4.78 is 2.30. The fraction of sp³-hybridized carbons (Fsp3) is 0.333. The van der Waals surface area contributed by atoms with Crippen molar-refractivity contribution >= 4 is 65.0 Å². The van der Waals surface area contributed by atoms with E-state index in [0.29, 0.717) is 0 Å². The monoisotopic (exact) mass is 428 g/mol. The van der Waals surface area contributed by atoms with Crippen molar-refractivity contribution in [1.82, 2.24) is 14.9 Å². The first-order chi connectivity index (χ1) is 13.6. The van der Waals surface area contributed by atoms with Crippen molar-refractivity contribution in [2.45, 2.75) is 26.3 Å². The van der Waals surface area contributed by atoms with Crippen LogP contribution in [-0.2, 0) is 6.54 Å². The summed E-state index contributed by atoms with van der Waals surface area (Å²) in [6.07, 6.45) is 2.62. The van der Waals surface area contributed by atoms with Gasteiger partial charge in [0.25, 0.3) is 0 Å². The fourth-order valence-electron chi connectivity index (χ4n) is 3.64. The lowest BCUT2D eigenvalue weighted by molar-refractivity contribution is 0.185. The smallest absolute Gasteiger partial charge is 0.190 e. The van der Waals surface area contributed by atoms with Crippen LogP contribution in [-0.4, -0.2) is 28.0 Å². The Hall–Kier alpha value is -1.73. The molecule has 1 saturated heterocycles. The van der Waals surface area contributed by atoms with Crippen molar-refractivity contribution in [3.63, 3.8) is 0 Å². The molecule has 2 aromatic carbocycles. The Morgan fingerprint density at radius 3 is 2.36 bits per heavy atom. The van der Waals surface area contributed by atoms with Crippen LogP contribution in [0.15, 0.2) is 36.4 Å². The predicted octanol–water partition coefficient (Wildman–Crippen LogP) is 6.53. The highest BCUT2D eigenvalue weighted by molar-refractivity contribution is 7.24. The summed E-state index contributed by atoms with van der Waals surface area (Å²) in [4.78, 5) is 11.9. The maximum Gasteiger partial charge on any atom is 0.190 e. The first kappa shape index (κ1) is 18.3. The third kappa shape index (κ3) is 3.87. The summed E-state index contributed by atoms with van der Waals surface area (Å²) in [6.45, 7) is 5.80. The van der Waals surface area contributed by atoms with Gasteiger partial charge in [-0.1, -0.05) is 47.3 Å². The molecule has 7 heteroatoms. The number of thiazole rings is 2. The summed E-state index contributed by atoms with van der Waals surface area (Å²) in [6, 6.07) is 12.4. The van der Waals surface area contributed by atoms with E-state index in [2.05, 4.69) is 40.3 Å². The van der Waals surface area contributed by atoms with E-state index < -0.39 is 0 Å². The Balaban J connectivity index is 1.34. The summed E-state index contributed by atoms with van der Waals surface area (Å²) in [5.41, 5.74) is 3.36. The molecule has 144 valence electrons. The molecule has 0 atom stereocenters. The first-order valence-corrected chi connectivity index (χ1v) is 11.6. The van der Waals surface area contributed by atoms with Crippen LogP contribution in [0.25, 0.3) is 20.4 Å². The van der Waals surface area contributed by atoms with Crippen molar-refractivity contribution in [2.75, 3.05) is 18.4 Å². The Morgan fingerprint density at radius 1 is 1.00 bits per heavy atom. The molecule has 4 nitrogen and oxygen atoms in total. The summed E-state index contributed by atoms with van der Waals surface area (Å²) >= 11 is 9.36. The molecule has 0 unspecified atom stereocenters. The van der Waals surface area contributed by atoms with E-state index >= 15 is 0 Å². The van der Waals surface area contributed by atoms with Crippen LogP contribution in [0.1, 0.15) is 25.3 Å². The van der Waals surface area contributed by atoms with Crippen molar-refractivity contribution in [3.8, 4) is 0 Å². The van der Waals surface area contributed by atoms with E-state index in [1.165, 1.54) is 36.2 Å². The molecule has 2 aromatic heterocycles. The average Bonchev–Trinajstić information content (AvgIpc) is 3.25. The van der Waals surface area contributed by atoms with Gasteiger partial charge in [-0.25, -0.2) is 9.97 Å². The summed E-state index contributed by atoms with van der Waals surface area (Å²) in [5.74, 6) is 0.868. The highest BCUT2D eigenvalue weighted by Crippen LogP contribution is 2.33. The van der Waals surface area contributed by atoms with Crippen LogP contribution in [0, 0.1) is 5.92 Å². The zero-order valence-electron chi connectivity index (χ0n) is 15.6. The minimum Gasteiger partial charge on any atom is -0.307 e. The number of halogens is 1. The Morgan fingerprint density at radius 2 is 1.64 bits per heavy atom. The molecular weight excluding hydrogens is 408 g/mol. The summed E-state index contributed by atoms with van der Waals surface area (Å²) in [7, 11) is 0. The van der Waals surface area contributed by atoms with Gasteiger partial charge in [-0.05, 0) is 67.7 Å². The van der Waals surface area contributed by atoms with E-state index in [1.54, 1.807) is 22.7 Å². The number of nitrogens with one attached hydrogen (secondary N) is 1. The van der Waals surface area contributed by atoms with Gasteiger partial charge in [-0.3, -0.25) is 4.90 Å². The molecule has 0 aliphatic carbocycles. The van der Waals surface area contributed by atoms with Crippen molar-refractivity contribution < 1.29 is 0 Å². The second kappa shape index (κ2) is 7.59. The van der Waals surface area contributed by atoms with Crippen LogP contribution in [0.2, 0.25) is 5.02 Å². The second-order valence-electron chi connectivity index (χ2n) is 7.54. The van der Waals surface area contributed by atoms with Gasteiger partial charge in [-0.15, -0.1) is 0 Å². The van der Waals surface area contributed by atoms with Gasteiger partial charge >= 0.3 is 0 Å². The molecule has 28 heavy (non-hydrogen) atoms. The molecule has 4 aromatic rings. The van der Waals surface area contributed by atoms with E-state index in [1.807, 2.05) is 18.2 Å². The van der Waals surface area contributed by atoms with Gasteiger partial charge in [0.15, 0.2) is 10.3 Å². The van der Waals surface area contributed by atoms with Crippen LogP contribution < -0.4 is 5.32 Å². The molecular formula is C21H21ClN4S2. The highest BCUT2D eigenvalue weighted by atomic mass is 35.5. The molecule has 0 saturated carbocycles. The van der Waals surface area contributed by atoms with E-state index in [4.69, 9.17) is 16.6 Å². The number of nitrogens with zero attached hydrogens (tertiary/aromatic N) is 3. The number of hydrogen-bond donors (Lipinski definition) is 1.